The molecule has 0 bridgehead atoms. The predicted molar refractivity (Wildman–Crippen MR) is 71.8 cm³/mol. The smallest absolute Gasteiger partial charge is 0.254 e. The van der Waals surface area contributed by atoms with E-state index in [1.54, 1.807) is 0 Å². The van der Waals surface area contributed by atoms with E-state index in [-0.39, 0.29) is 17.0 Å². The van der Waals surface area contributed by atoms with E-state index in [9.17, 15) is 9.18 Å². The molecule has 0 aromatic heterocycles. The van der Waals surface area contributed by atoms with Gasteiger partial charge < -0.3 is 10.2 Å². The molecule has 0 spiro atoms. The van der Waals surface area contributed by atoms with E-state index < -0.39 is 5.82 Å². The molecule has 0 aliphatic carbocycles. The SMILES string of the molecule is O=C(c1ccc(F)c(Cl)c1)N1CCCC2CNCC21. The minimum absolute atomic E-state index is 0.00366. The number of benzene rings is 1. The van der Waals surface area contributed by atoms with Crippen molar-refractivity contribution in [2.45, 2.75) is 18.9 Å². The number of fused-ring (bicyclic) bond motifs is 1. The van der Waals surface area contributed by atoms with Crippen molar-refractivity contribution in [3.05, 3.63) is 34.6 Å². The van der Waals surface area contributed by atoms with Crippen molar-refractivity contribution in [1.29, 1.82) is 0 Å². The molecular weight excluding hydrogens is 267 g/mol. The number of hydrogen-bond acceptors (Lipinski definition) is 2. The van der Waals surface area contributed by atoms with Gasteiger partial charge in [-0.2, -0.15) is 0 Å². The minimum Gasteiger partial charge on any atom is -0.334 e. The molecule has 3 nitrogen and oxygen atoms in total. The lowest BCUT2D eigenvalue weighted by Crippen LogP contribution is -2.48. The first-order valence-corrected chi connectivity index (χ1v) is 7.01. The van der Waals surface area contributed by atoms with Crippen LogP contribution in [0.15, 0.2) is 18.2 Å². The second-order valence-electron chi connectivity index (χ2n) is 5.26. The Labute approximate surface area is 116 Å². The normalized spacial score (nSPS) is 26.3. The average Bonchev–Trinajstić information content (AvgIpc) is 2.89. The van der Waals surface area contributed by atoms with Crippen LogP contribution in [0, 0.1) is 11.7 Å². The van der Waals surface area contributed by atoms with Crippen molar-refractivity contribution in [1.82, 2.24) is 10.2 Å². The van der Waals surface area contributed by atoms with Crippen LogP contribution in [0.4, 0.5) is 4.39 Å². The third kappa shape index (κ3) is 2.35. The standard InChI is InChI=1S/C14H16ClFN2O/c15-11-6-9(3-4-12(11)16)14(19)18-5-1-2-10-7-17-8-13(10)18/h3-4,6,10,13,17H,1-2,5,7-8H2. The Kier molecular flexibility index (Phi) is 3.46. The van der Waals surface area contributed by atoms with Gasteiger partial charge in [0.1, 0.15) is 5.82 Å². The Morgan fingerprint density at radius 2 is 2.26 bits per heavy atom. The number of carbonyl (C=O) groups is 1. The molecule has 1 N–H and O–H groups in total. The lowest BCUT2D eigenvalue weighted by Gasteiger charge is -2.37. The van der Waals surface area contributed by atoms with E-state index in [2.05, 4.69) is 5.32 Å². The van der Waals surface area contributed by atoms with Crippen LogP contribution in [0.25, 0.3) is 0 Å². The maximum Gasteiger partial charge on any atom is 0.254 e. The van der Waals surface area contributed by atoms with Crippen molar-refractivity contribution in [2.75, 3.05) is 19.6 Å². The van der Waals surface area contributed by atoms with Crippen molar-refractivity contribution in [2.24, 2.45) is 5.92 Å². The number of carbonyl (C=O) groups excluding carboxylic acids is 1. The van der Waals surface area contributed by atoms with Gasteiger partial charge in [-0.1, -0.05) is 11.6 Å². The first-order chi connectivity index (χ1) is 9.16. The minimum atomic E-state index is -0.489. The summed E-state index contributed by atoms with van der Waals surface area (Å²) in [6.45, 7) is 2.61. The van der Waals surface area contributed by atoms with Gasteiger partial charge in [0.15, 0.2) is 0 Å². The van der Waals surface area contributed by atoms with Gasteiger partial charge in [-0.25, -0.2) is 4.39 Å². The van der Waals surface area contributed by atoms with Crippen molar-refractivity contribution < 1.29 is 9.18 Å². The zero-order chi connectivity index (χ0) is 13.4. The molecule has 1 amide bonds. The van der Waals surface area contributed by atoms with Crippen LogP contribution in [-0.2, 0) is 0 Å². The molecule has 2 saturated heterocycles. The van der Waals surface area contributed by atoms with Crippen molar-refractivity contribution >= 4 is 17.5 Å². The molecule has 2 fully saturated rings. The molecule has 0 saturated carbocycles. The predicted octanol–water partition coefficient (Wildman–Crippen LogP) is 2.30. The fraction of sp³-hybridized carbons (Fsp3) is 0.500. The van der Waals surface area contributed by atoms with Crippen molar-refractivity contribution in [3.63, 3.8) is 0 Å². The zero-order valence-electron chi connectivity index (χ0n) is 10.5. The summed E-state index contributed by atoms with van der Waals surface area (Å²) < 4.78 is 13.2. The molecule has 0 radical (unpaired) electrons. The van der Waals surface area contributed by atoms with Crippen LogP contribution < -0.4 is 5.32 Å². The summed E-state index contributed by atoms with van der Waals surface area (Å²) in [4.78, 5) is 14.4. The van der Waals surface area contributed by atoms with Gasteiger partial charge in [0.05, 0.1) is 5.02 Å². The third-order valence-electron chi connectivity index (χ3n) is 4.11. The van der Waals surface area contributed by atoms with Crippen LogP contribution in [0.2, 0.25) is 5.02 Å². The van der Waals surface area contributed by atoms with Gasteiger partial charge in [0, 0.05) is 31.2 Å². The Morgan fingerprint density at radius 3 is 3.05 bits per heavy atom. The highest BCUT2D eigenvalue weighted by Gasteiger charge is 2.37. The Morgan fingerprint density at radius 1 is 1.42 bits per heavy atom. The van der Waals surface area contributed by atoms with E-state index in [0.29, 0.717) is 11.5 Å². The van der Waals surface area contributed by atoms with Crippen LogP contribution >= 0.6 is 11.6 Å². The van der Waals surface area contributed by atoms with E-state index in [0.717, 1.165) is 26.1 Å². The fourth-order valence-electron chi connectivity index (χ4n) is 3.12. The molecule has 2 aliphatic rings. The number of likely N-dealkylation sites (tertiary alicyclic amines) is 1. The summed E-state index contributed by atoms with van der Waals surface area (Å²) >= 11 is 5.75. The summed E-state index contributed by atoms with van der Waals surface area (Å²) in [6, 6.07) is 4.45. The number of piperidine rings is 1. The summed E-state index contributed by atoms with van der Waals surface area (Å²) in [6.07, 6.45) is 2.20. The zero-order valence-corrected chi connectivity index (χ0v) is 11.3. The summed E-state index contributed by atoms with van der Waals surface area (Å²) in [7, 11) is 0. The molecule has 3 rings (SSSR count). The molecule has 1 aromatic rings. The highest BCUT2D eigenvalue weighted by Crippen LogP contribution is 2.28. The van der Waals surface area contributed by atoms with E-state index in [1.807, 2.05) is 4.90 Å². The molecule has 102 valence electrons. The Bertz CT molecular complexity index is 508. The lowest BCUT2D eigenvalue weighted by atomic mass is 9.91. The fourth-order valence-corrected chi connectivity index (χ4v) is 3.30. The number of rotatable bonds is 1. The van der Waals surface area contributed by atoms with Crippen LogP contribution in [0.1, 0.15) is 23.2 Å². The summed E-state index contributed by atoms with van der Waals surface area (Å²) in [5.41, 5.74) is 0.471. The maximum atomic E-state index is 13.2. The molecule has 2 heterocycles. The Balaban J connectivity index is 1.84. The van der Waals surface area contributed by atoms with Gasteiger partial charge in [0.2, 0.25) is 0 Å². The lowest BCUT2D eigenvalue weighted by molar-refractivity contribution is 0.0575. The molecule has 1 aromatic carbocycles. The topological polar surface area (TPSA) is 32.3 Å². The second kappa shape index (κ2) is 5.10. The first kappa shape index (κ1) is 12.9. The van der Waals surface area contributed by atoms with E-state index in [1.165, 1.54) is 24.6 Å². The molecular formula is C14H16ClFN2O. The molecule has 5 heteroatoms. The van der Waals surface area contributed by atoms with Gasteiger partial charge in [-0.15, -0.1) is 0 Å². The average molecular weight is 283 g/mol. The highest BCUT2D eigenvalue weighted by atomic mass is 35.5. The highest BCUT2D eigenvalue weighted by molar-refractivity contribution is 6.31. The van der Waals surface area contributed by atoms with Crippen molar-refractivity contribution in [3.8, 4) is 0 Å². The number of hydrogen-bond donors (Lipinski definition) is 1. The van der Waals surface area contributed by atoms with Gasteiger partial charge in [0.25, 0.3) is 5.91 Å². The number of halogens is 2. The third-order valence-corrected chi connectivity index (χ3v) is 4.40. The Hall–Kier alpha value is -1.13. The first-order valence-electron chi connectivity index (χ1n) is 6.63. The number of amides is 1. The molecule has 2 unspecified atom stereocenters. The monoisotopic (exact) mass is 282 g/mol. The van der Waals surface area contributed by atoms with Gasteiger partial charge in [-0.3, -0.25) is 4.79 Å². The second-order valence-corrected chi connectivity index (χ2v) is 5.66. The van der Waals surface area contributed by atoms with Crippen LogP contribution in [0.5, 0.6) is 0 Å². The summed E-state index contributed by atoms with van der Waals surface area (Å²) in [5, 5.41) is 3.34. The molecule has 2 atom stereocenters. The van der Waals surface area contributed by atoms with E-state index in [4.69, 9.17) is 11.6 Å². The number of nitrogens with zero attached hydrogens (tertiary/aromatic N) is 1. The number of nitrogens with one attached hydrogen (secondary N) is 1. The molecule has 2 aliphatic heterocycles. The van der Waals surface area contributed by atoms with Crippen LogP contribution in [-0.4, -0.2) is 36.5 Å². The summed E-state index contributed by atoms with van der Waals surface area (Å²) in [5.74, 6) is 0.0196. The maximum absolute atomic E-state index is 13.2. The quantitative estimate of drug-likeness (QED) is 0.857. The van der Waals surface area contributed by atoms with Gasteiger partial charge in [-0.05, 0) is 37.0 Å². The largest absolute Gasteiger partial charge is 0.334 e. The van der Waals surface area contributed by atoms with Crippen LogP contribution in [0.3, 0.4) is 0 Å². The van der Waals surface area contributed by atoms with E-state index >= 15 is 0 Å². The molecule has 19 heavy (non-hydrogen) atoms. The van der Waals surface area contributed by atoms with Gasteiger partial charge >= 0.3 is 0 Å².